The number of hydrogen-bond donors (Lipinski definition) is 2. The van der Waals surface area contributed by atoms with Gasteiger partial charge in [0.05, 0.1) is 11.5 Å². The van der Waals surface area contributed by atoms with Gasteiger partial charge in [-0.25, -0.2) is 13.1 Å². The lowest BCUT2D eigenvalue weighted by Crippen LogP contribution is -2.34. The van der Waals surface area contributed by atoms with E-state index in [4.69, 9.17) is 16.7 Å². The van der Waals surface area contributed by atoms with Crippen LogP contribution in [0.25, 0.3) is 0 Å². The van der Waals surface area contributed by atoms with Crippen molar-refractivity contribution in [3.05, 3.63) is 28.8 Å². The SMILES string of the molecule is CCCC(CC)NS(=O)(=O)c1ccc(Cl)c(CO)c1. The van der Waals surface area contributed by atoms with Crippen LogP contribution in [0.15, 0.2) is 23.1 Å². The molecule has 0 spiro atoms. The number of halogens is 1. The van der Waals surface area contributed by atoms with Crippen LogP contribution >= 0.6 is 11.6 Å². The molecule has 1 unspecified atom stereocenters. The van der Waals surface area contributed by atoms with Gasteiger partial charge in [-0.15, -0.1) is 0 Å². The van der Waals surface area contributed by atoms with Gasteiger partial charge in [-0.1, -0.05) is 31.9 Å². The zero-order valence-electron chi connectivity index (χ0n) is 11.2. The first-order valence-corrected chi connectivity index (χ1v) is 8.22. The van der Waals surface area contributed by atoms with Crippen LogP contribution < -0.4 is 4.72 Å². The van der Waals surface area contributed by atoms with E-state index in [1.54, 1.807) is 0 Å². The van der Waals surface area contributed by atoms with Gasteiger partial charge in [0.25, 0.3) is 0 Å². The number of aliphatic hydroxyl groups excluding tert-OH is 1. The Morgan fingerprint density at radius 2 is 2.05 bits per heavy atom. The van der Waals surface area contributed by atoms with Crippen LogP contribution in [0.5, 0.6) is 0 Å². The molecule has 0 aromatic heterocycles. The maximum absolute atomic E-state index is 12.2. The van der Waals surface area contributed by atoms with Gasteiger partial charge in [-0.2, -0.15) is 0 Å². The molecule has 0 bridgehead atoms. The quantitative estimate of drug-likeness (QED) is 0.814. The minimum Gasteiger partial charge on any atom is -0.392 e. The highest BCUT2D eigenvalue weighted by Crippen LogP contribution is 2.21. The van der Waals surface area contributed by atoms with Crippen LogP contribution in [0.2, 0.25) is 5.02 Å². The van der Waals surface area contributed by atoms with Crippen molar-refractivity contribution in [3.8, 4) is 0 Å². The maximum atomic E-state index is 12.2. The number of benzene rings is 1. The van der Waals surface area contributed by atoms with Crippen LogP contribution in [0, 0.1) is 0 Å². The summed E-state index contributed by atoms with van der Waals surface area (Å²) in [5, 5.41) is 9.48. The molecule has 0 fully saturated rings. The van der Waals surface area contributed by atoms with Crippen molar-refractivity contribution in [2.24, 2.45) is 0 Å². The van der Waals surface area contributed by atoms with Gasteiger partial charge in [0, 0.05) is 11.1 Å². The highest BCUT2D eigenvalue weighted by molar-refractivity contribution is 7.89. The van der Waals surface area contributed by atoms with Crippen LogP contribution in [-0.4, -0.2) is 19.6 Å². The van der Waals surface area contributed by atoms with E-state index in [-0.39, 0.29) is 17.5 Å². The maximum Gasteiger partial charge on any atom is 0.240 e. The largest absolute Gasteiger partial charge is 0.392 e. The van der Waals surface area contributed by atoms with Crippen molar-refractivity contribution in [1.29, 1.82) is 0 Å². The van der Waals surface area contributed by atoms with E-state index in [1.807, 2.05) is 13.8 Å². The summed E-state index contributed by atoms with van der Waals surface area (Å²) in [5.41, 5.74) is 0.410. The topological polar surface area (TPSA) is 66.4 Å². The molecule has 1 atom stereocenters. The van der Waals surface area contributed by atoms with Gasteiger partial charge < -0.3 is 5.11 Å². The van der Waals surface area contributed by atoms with E-state index in [0.29, 0.717) is 10.6 Å². The Morgan fingerprint density at radius 3 is 2.58 bits per heavy atom. The Balaban J connectivity index is 2.99. The number of hydrogen-bond acceptors (Lipinski definition) is 3. The summed E-state index contributed by atoms with van der Waals surface area (Å²) in [6, 6.07) is 4.28. The summed E-state index contributed by atoms with van der Waals surface area (Å²) < 4.78 is 27.1. The third-order valence-corrected chi connectivity index (χ3v) is 4.84. The molecular weight excluding hydrogens is 286 g/mol. The monoisotopic (exact) mass is 305 g/mol. The third kappa shape index (κ3) is 4.45. The third-order valence-electron chi connectivity index (χ3n) is 2.95. The summed E-state index contributed by atoms with van der Waals surface area (Å²) >= 11 is 5.85. The standard InChI is InChI=1S/C13H20ClNO3S/c1-3-5-11(4-2)15-19(17,18)12-6-7-13(14)10(8-12)9-16/h6-8,11,15-16H,3-5,9H2,1-2H3. The highest BCUT2D eigenvalue weighted by Gasteiger charge is 2.19. The number of sulfonamides is 1. The molecule has 1 aromatic carbocycles. The molecule has 0 heterocycles. The molecule has 0 radical (unpaired) electrons. The fourth-order valence-corrected chi connectivity index (χ4v) is 3.40. The molecule has 1 rings (SSSR count). The summed E-state index contributed by atoms with van der Waals surface area (Å²) in [7, 11) is -3.56. The van der Waals surface area contributed by atoms with Crippen LogP contribution in [-0.2, 0) is 16.6 Å². The normalized spacial score (nSPS) is 13.5. The average Bonchev–Trinajstić information content (AvgIpc) is 2.38. The Bertz CT molecular complexity index is 517. The molecule has 19 heavy (non-hydrogen) atoms. The van der Waals surface area contributed by atoms with E-state index in [1.165, 1.54) is 18.2 Å². The molecule has 108 valence electrons. The van der Waals surface area contributed by atoms with Crippen LogP contribution in [0.3, 0.4) is 0 Å². The molecule has 4 nitrogen and oxygen atoms in total. The van der Waals surface area contributed by atoms with Crippen molar-refractivity contribution in [2.75, 3.05) is 0 Å². The van der Waals surface area contributed by atoms with Crippen molar-refractivity contribution in [2.45, 2.75) is 50.7 Å². The van der Waals surface area contributed by atoms with Gasteiger partial charge >= 0.3 is 0 Å². The number of aliphatic hydroxyl groups is 1. The Labute approximate surface area is 119 Å². The van der Waals surface area contributed by atoms with E-state index in [0.717, 1.165) is 19.3 Å². The summed E-state index contributed by atoms with van der Waals surface area (Å²) in [4.78, 5) is 0.135. The molecule has 0 aliphatic heterocycles. The van der Waals surface area contributed by atoms with Gasteiger partial charge in [-0.3, -0.25) is 0 Å². The summed E-state index contributed by atoms with van der Waals surface area (Å²) in [5.74, 6) is 0. The molecule has 0 amide bonds. The van der Waals surface area contributed by atoms with Crippen molar-refractivity contribution >= 4 is 21.6 Å². The molecule has 6 heteroatoms. The molecule has 0 aliphatic rings. The molecule has 2 N–H and O–H groups in total. The van der Waals surface area contributed by atoms with E-state index < -0.39 is 10.0 Å². The first-order chi connectivity index (χ1) is 8.94. The van der Waals surface area contributed by atoms with Gasteiger partial charge in [0.15, 0.2) is 0 Å². The van der Waals surface area contributed by atoms with Gasteiger partial charge in [0.2, 0.25) is 10.0 Å². The van der Waals surface area contributed by atoms with Gasteiger partial charge in [0.1, 0.15) is 0 Å². The first kappa shape index (κ1) is 16.4. The summed E-state index contributed by atoms with van der Waals surface area (Å²) in [6.07, 6.45) is 2.47. The Kier molecular flexibility index (Phi) is 6.26. The number of nitrogens with one attached hydrogen (secondary N) is 1. The van der Waals surface area contributed by atoms with Crippen molar-refractivity contribution in [1.82, 2.24) is 4.72 Å². The van der Waals surface area contributed by atoms with Crippen molar-refractivity contribution in [3.63, 3.8) is 0 Å². The lowest BCUT2D eigenvalue weighted by molar-refractivity contribution is 0.281. The lowest BCUT2D eigenvalue weighted by atomic mass is 10.1. The van der Waals surface area contributed by atoms with E-state index in [9.17, 15) is 8.42 Å². The van der Waals surface area contributed by atoms with E-state index in [2.05, 4.69) is 4.72 Å². The average molecular weight is 306 g/mol. The van der Waals surface area contributed by atoms with Crippen LogP contribution in [0.1, 0.15) is 38.7 Å². The second kappa shape index (κ2) is 7.24. The second-order valence-corrected chi connectivity index (χ2v) is 6.55. The Morgan fingerprint density at radius 1 is 1.37 bits per heavy atom. The fraction of sp³-hybridized carbons (Fsp3) is 0.538. The minimum absolute atomic E-state index is 0.0664. The number of rotatable bonds is 7. The molecule has 0 aliphatic carbocycles. The predicted octanol–water partition coefficient (Wildman–Crippen LogP) is 2.69. The Hall–Kier alpha value is -0.620. The molecular formula is C13H20ClNO3S. The highest BCUT2D eigenvalue weighted by atomic mass is 35.5. The van der Waals surface area contributed by atoms with Gasteiger partial charge in [-0.05, 0) is 36.6 Å². The lowest BCUT2D eigenvalue weighted by Gasteiger charge is -2.16. The molecule has 0 saturated carbocycles. The summed E-state index contributed by atoms with van der Waals surface area (Å²) in [6.45, 7) is 3.68. The minimum atomic E-state index is -3.56. The fourth-order valence-electron chi connectivity index (χ4n) is 1.82. The smallest absolute Gasteiger partial charge is 0.240 e. The zero-order valence-corrected chi connectivity index (χ0v) is 12.8. The predicted molar refractivity (Wildman–Crippen MR) is 76.7 cm³/mol. The first-order valence-electron chi connectivity index (χ1n) is 6.36. The zero-order chi connectivity index (χ0) is 14.5. The molecule has 1 aromatic rings. The second-order valence-electron chi connectivity index (χ2n) is 4.43. The molecule has 0 saturated heterocycles. The van der Waals surface area contributed by atoms with E-state index >= 15 is 0 Å². The van der Waals surface area contributed by atoms with Crippen molar-refractivity contribution < 1.29 is 13.5 Å². The van der Waals surface area contributed by atoms with Crippen LogP contribution in [0.4, 0.5) is 0 Å².